The molecule has 0 aliphatic carbocycles. The van der Waals surface area contributed by atoms with Gasteiger partial charge in [0, 0.05) is 43.0 Å². The van der Waals surface area contributed by atoms with E-state index in [0.717, 1.165) is 29.9 Å². The molecule has 3 N–H and O–H groups in total. The number of fused-ring (bicyclic) bond motifs is 1. The zero-order valence-electron chi connectivity index (χ0n) is 12.3. The van der Waals surface area contributed by atoms with Gasteiger partial charge < -0.3 is 4.90 Å². The quantitative estimate of drug-likeness (QED) is 0.508. The van der Waals surface area contributed by atoms with Crippen LogP contribution >= 0.6 is 0 Å². The van der Waals surface area contributed by atoms with E-state index in [4.69, 9.17) is 5.84 Å². The normalized spacial score (nSPS) is 13.9. The molecule has 1 aliphatic rings. The molecule has 1 aromatic carbocycles. The standard InChI is InChI=1S/C15H18FN5O/c1-2-21-13-7-8-20(11-5-3-10(16)4-6-11)9-12(13)14(19-21)15(22)18-17/h3-6H,2,7-9,17H2,1H3,(H,18,22). The van der Waals surface area contributed by atoms with Gasteiger partial charge in [0.15, 0.2) is 5.69 Å². The number of hydrogen-bond acceptors (Lipinski definition) is 4. The number of nitrogens with zero attached hydrogens (tertiary/aromatic N) is 3. The lowest BCUT2D eigenvalue weighted by Gasteiger charge is -2.29. The van der Waals surface area contributed by atoms with Crippen LogP contribution < -0.4 is 16.2 Å². The van der Waals surface area contributed by atoms with Gasteiger partial charge in [-0.3, -0.25) is 14.9 Å². The van der Waals surface area contributed by atoms with Gasteiger partial charge in [0.2, 0.25) is 0 Å². The number of aryl methyl sites for hydroxylation is 1. The number of carbonyl (C=O) groups excluding carboxylic acids is 1. The third-order valence-corrected chi connectivity index (χ3v) is 3.97. The van der Waals surface area contributed by atoms with Gasteiger partial charge in [0.1, 0.15) is 5.82 Å². The van der Waals surface area contributed by atoms with E-state index in [-0.39, 0.29) is 11.7 Å². The first-order valence-electron chi connectivity index (χ1n) is 7.24. The van der Waals surface area contributed by atoms with Crippen molar-refractivity contribution in [3.05, 3.63) is 47.0 Å². The van der Waals surface area contributed by atoms with Crippen LogP contribution in [0, 0.1) is 5.82 Å². The average molecular weight is 303 g/mol. The molecule has 6 nitrogen and oxygen atoms in total. The molecule has 116 valence electrons. The average Bonchev–Trinajstić information content (AvgIpc) is 2.92. The second-order valence-electron chi connectivity index (χ2n) is 5.21. The fourth-order valence-corrected chi connectivity index (χ4v) is 2.88. The second kappa shape index (κ2) is 5.76. The molecule has 1 amide bonds. The molecule has 0 spiro atoms. The van der Waals surface area contributed by atoms with Gasteiger partial charge in [-0.1, -0.05) is 0 Å². The van der Waals surface area contributed by atoms with Crippen molar-refractivity contribution in [2.24, 2.45) is 5.84 Å². The number of anilines is 1. The van der Waals surface area contributed by atoms with Crippen molar-refractivity contribution in [2.45, 2.75) is 26.4 Å². The topological polar surface area (TPSA) is 76.2 Å². The Bertz CT molecular complexity index is 695. The third-order valence-electron chi connectivity index (χ3n) is 3.97. The molecule has 2 heterocycles. The van der Waals surface area contributed by atoms with Crippen LogP contribution in [0.1, 0.15) is 28.7 Å². The fourth-order valence-electron chi connectivity index (χ4n) is 2.88. The maximum Gasteiger partial charge on any atom is 0.286 e. The Morgan fingerprint density at radius 3 is 2.77 bits per heavy atom. The lowest BCUT2D eigenvalue weighted by Crippen LogP contribution is -2.34. The first kappa shape index (κ1) is 14.5. The monoisotopic (exact) mass is 303 g/mol. The van der Waals surface area contributed by atoms with E-state index in [1.807, 2.05) is 11.6 Å². The SMILES string of the molecule is CCn1nc(C(=O)NN)c2c1CCN(c1ccc(F)cc1)C2. The molecule has 22 heavy (non-hydrogen) atoms. The van der Waals surface area contributed by atoms with Crippen molar-refractivity contribution in [3.63, 3.8) is 0 Å². The van der Waals surface area contributed by atoms with Crippen LogP contribution in [0.15, 0.2) is 24.3 Å². The van der Waals surface area contributed by atoms with E-state index in [0.29, 0.717) is 18.8 Å². The molecule has 2 aromatic rings. The lowest BCUT2D eigenvalue weighted by molar-refractivity contribution is 0.0947. The Morgan fingerprint density at radius 2 is 2.14 bits per heavy atom. The predicted molar refractivity (Wildman–Crippen MR) is 80.7 cm³/mol. The molecule has 0 fully saturated rings. The summed E-state index contributed by atoms with van der Waals surface area (Å²) in [6.45, 7) is 4.05. The summed E-state index contributed by atoms with van der Waals surface area (Å²) in [5, 5.41) is 4.36. The number of carbonyl (C=O) groups is 1. The Morgan fingerprint density at radius 1 is 1.41 bits per heavy atom. The van der Waals surface area contributed by atoms with Gasteiger partial charge in [0.05, 0.1) is 0 Å². The largest absolute Gasteiger partial charge is 0.367 e. The molecule has 7 heteroatoms. The number of hydrogen-bond donors (Lipinski definition) is 2. The zero-order chi connectivity index (χ0) is 15.7. The summed E-state index contributed by atoms with van der Waals surface area (Å²) in [7, 11) is 0. The van der Waals surface area contributed by atoms with Crippen molar-refractivity contribution in [2.75, 3.05) is 11.4 Å². The highest BCUT2D eigenvalue weighted by molar-refractivity contribution is 5.93. The Hall–Kier alpha value is -2.41. The molecule has 0 atom stereocenters. The molecule has 0 bridgehead atoms. The number of amides is 1. The number of benzene rings is 1. The lowest BCUT2D eigenvalue weighted by atomic mass is 10.0. The second-order valence-corrected chi connectivity index (χ2v) is 5.21. The summed E-state index contributed by atoms with van der Waals surface area (Å²) in [6, 6.07) is 6.36. The number of nitrogen functional groups attached to an aromatic ring is 1. The first-order valence-corrected chi connectivity index (χ1v) is 7.24. The first-order chi connectivity index (χ1) is 10.6. The Labute approximate surface area is 127 Å². The van der Waals surface area contributed by atoms with Crippen molar-refractivity contribution in [1.82, 2.24) is 15.2 Å². The van der Waals surface area contributed by atoms with Crippen molar-refractivity contribution >= 4 is 11.6 Å². The summed E-state index contributed by atoms with van der Waals surface area (Å²) >= 11 is 0. The zero-order valence-corrected chi connectivity index (χ0v) is 12.3. The Balaban J connectivity index is 1.95. The molecular weight excluding hydrogens is 285 g/mol. The van der Waals surface area contributed by atoms with Gasteiger partial charge in [-0.15, -0.1) is 0 Å². The smallest absolute Gasteiger partial charge is 0.286 e. The third kappa shape index (κ3) is 2.43. The van der Waals surface area contributed by atoms with Crippen molar-refractivity contribution in [1.29, 1.82) is 0 Å². The van der Waals surface area contributed by atoms with E-state index < -0.39 is 0 Å². The van der Waals surface area contributed by atoms with E-state index in [1.165, 1.54) is 12.1 Å². The molecule has 1 aromatic heterocycles. The molecule has 1 aliphatic heterocycles. The number of nitrogens with two attached hydrogens (primary N) is 1. The summed E-state index contributed by atoms with van der Waals surface area (Å²) in [5.74, 6) is 4.60. The van der Waals surface area contributed by atoms with Crippen LogP contribution in [0.2, 0.25) is 0 Å². The van der Waals surface area contributed by atoms with E-state index in [9.17, 15) is 9.18 Å². The van der Waals surface area contributed by atoms with Gasteiger partial charge in [0.25, 0.3) is 5.91 Å². The molecule has 0 saturated heterocycles. The van der Waals surface area contributed by atoms with Gasteiger partial charge in [-0.05, 0) is 31.2 Å². The number of nitrogens with one attached hydrogen (secondary N) is 1. The number of aromatic nitrogens is 2. The van der Waals surface area contributed by atoms with E-state index in [1.54, 1.807) is 12.1 Å². The number of hydrazine groups is 1. The van der Waals surface area contributed by atoms with Crippen molar-refractivity contribution < 1.29 is 9.18 Å². The molecule has 0 unspecified atom stereocenters. The predicted octanol–water partition coefficient (Wildman–Crippen LogP) is 1.21. The minimum atomic E-state index is -0.385. The van der Waals surface area contributed by atoms with Crippen LogP contribution in [0.5, 0.6) is 0 Å². The van der Waals surface area contributed by atoms with Gasteiger partial charge >= 0.3 is 0 Å². The van der Waals surface area contributed by atoms with Crippen LogP contribution in [0.4, 0.5) is 10.1 Å². The van der Waals surface area contributed by atoms with E-state index >= 15 is 0 Å². The van der Waals surface area contributed by atoms with Crippen LogP contribution in [-0.2, 0) is 19.5 Å². The van der Waals surface area contributed by atoms with Crippen LogP contribution in [-0.4, -0.2) is 22.2 Å². The highest BCUT2D eigenvalue weighted by Crippen LogP contribution is 2.27. The summed E-state index contributed by atoms with van der Waals surface area (Å²) in [6.07, 6.45) is 0.783. The van der Waals surface area contributed by atoms with Gasteiger partial charge in [-0.25, -0.2) is 10.2 Å². The summed E-state index contributed by atoms with van der Waals surface area (Å²) < 4.78 is 14.9. The summed E-state index contributed by atoms with van der Waals surface area (Å²) in [4.78, 5) is 14.0. The van der Waals surface area contributed by atoms with Crippen LogP contribution in [0.25, 0.3) is 0 Å². The summed E-state index contributed by atoms with van der Waals surface area (Å²) in [5.41, 5.74) is 5.40. The van der Waals surface area contributed by atoms with Crippen LogP contribution in [0.3, 0.4) is 0 Å². The van der Waals surface area contributed by atoms with Crippen molar-refractivity contribution in [3.8, 4) is 0 Å². The minimum Gasteiger partial charge on any atom is -0.367 e. The minimum absolute atomic E-state index is 0.261. The highest BCUT2D eigenvalue weighted by Gasteiger charge is 2.27. The highest BCUT2D eigenvalue weighted by atomic mass is 19.1. The molecular formula is C15H18FN5O. The molecule has 0 saturated carbocycles. The number of halogens is 1. The molecule has 3 rings (SSSR count). The Kier molecular flexibility index (Phi) is 3.81. The van der Waals surface area contributed by atoms with E-state index in [2.05, 4.69) is 15.4 Å². The maximum atomic E-state index is 13.1. The number of rotatable bonds is 3. The fraction of sp³-hybridized carbons (Fsp3) is 0.333. The van der Waals surface area contributed by atoms with Gasteiger partial charge in [-0.2, -0.15) is 5.10 Å². The maximum absolute atomic E-state index is 13.1. The molecule has 0 radical (unpaired) electrons.